The summed E-state index contributed by atoms with van der Waals surface area (Å²) < 4.78 is 22.8. The van der Waals surface area contributed by atoms with Crippen LogP contribution in [0.4, 0.5) is 4.39 Å². The van der Waals surface area contributed by atoms with Gasteiger partial charge in [0.15, 0.2) is 5.65 Å². The van der Waals surface area contributed by atoms with Crippen molar-refractivity contribution in [1.82, 2.24) is 24.3 Å². The number of benzene rings is 1. The van der Waals surface area contributed by atoms with Crippen LogP contribution >= 0.6 is 0 Å². The average molecular weight is 407 g/mol. The summed E-state index contributed by atoms with van der Waals surface area (Å²) in [6.45, 7) is 1.89. The first-order valence-corrected chi connectivity index (χ1v) is 9.58. The Balaban J connectivity index is 1.36. The second kappa shape index (κ2) is 6.72. The van der Waals surface area contributed by atoms with Crippen molar-refractivity contribution in [2.24, 2.45) is 0 Å². The van der Waals surface area contributed by atoms with Crippen molar-refractivity contribution in [1.29, 1.82) is 0 Å². The van der Waals surface area contributed by atoms with E-state index in [-0.39, 0.29) is 30.8 Å². The molecule has 8 nitrogen and oxygen atoms in total. The first-order chi connectivity index (χ1) is 14.4. The molecule has 0 saturated heterocycles. The molecule has 1 saturated carbocycles. The highest BCUT2D eigenvalue weighted by Crippen LogP contribution is 2.50. The monoisotopic (exact) mass is 407 g/mol. The van der Waals surface area contributed by atoms with Gasteiger partial charge in [0.05, 0.1) is 11.4 Å². The van der Waals surface area contributed by atoms with Crippen molar-refractivity contribution in [3.8, 4) is 0 Å². The summed E-state index contributed by atoms with van der Waals surface area (Å²) >= 11 is 0. The van der Waals surface area contributed by atoms with Crippen molar-refractivity contribution in [2.45, 2.75) is 38.0 Å². The number of aryl methyl sites for hydroxylation is 1. The summed E-state index contributed by atoms with van der Waals surface area (Å²) in [6.07, 6.45) is 3.18. The van der Waals surface area contributed by atoms with Crippen molar-refractivity contribution in [3.05, 3.63) is 86.8 Å². The summed E-state index contributed by atoms with van der Waals surface area (Å²) in [5.41, 5.74) is 0.211. The molecule has 30 heavy (non-hydrogen) atoms. The van der Waals surface area contributed by atoms with E-state index in [2.05, 4.69) is 15.1 Å². The van der Waals surface area contributed by atoms with Crippen LogP contribution in [0.15, 0.2) is 62.9 Å². The molecule has 3 heterocycles. The molecule has 1 fully saturated rings. The SMILES string of the molecule is Cc1ccc(C2(F)CC(n3nc(Cn4cnc5ncccc5c4=O)oc3=O)C2)cc1. The highest BCUT2D eigenvalue weighted by atomic mass is 19.1. The molecule has 0 aliphatic heterocycles. The first-order valence-electron chi connectivity index (χ1n) is 9.58. The van der Waals surface area contributed by atoms with Gasteiger partial charge in [0, 0.05) is 19.0 Å². The van der Waals surface area contributed by atoms with Crippen LogP contribution in [-0.2, 0) is 12.2 Å². The lowest BCUT2D eigenvalue weighted by atomic mass is 9.73. The van der Waals surface area contributed by atoms with Crippen molar-refractivity contribution >= 4 is 11.0 Å². The number of halogens is 1. The van der Waals surface area contributed by atoms with Crippen LogP contribution in [0.2, 0.25) is 0 Å². The van der Waals surface area contributed by atoms with E-state index >= 15 is 4.39 Å². The van der Waals surface area contributed by atoms with E-state index < -0.39 is 17.5 Å². The molecule has 3 aromatic heterocycles. The molecule has 5 rings (SSSR count). The summed E-state index contributed by atoms with van der Waals surface area (Å²) in [5, 5.41) is 4.55. The van der Waals surface area contributed by atoms with Crippen LogP contribution in [0.5, 0.6) is 0 Å². The minimum Gasteiger partial charge on any atom is -0.390 e. The molecule has 0 bridgehead atoms. The van der Waals surface area contributed by atoms with Gasteiger partial charge in [-0.05, 0) is 24.6 Å². The molecule has 1 aliphatic carbocycles. The maximum Gasteiger partial charge on any atom is 0.437 e. The quantitative estimate of drug-likeness (QED) is 0.516. The highest BCUT2D eigenvalue weighted by Gasteiger charge is 2.48. The molecule has 1 aliphatic rings. The lowest BCUT2D eigenvalue weighted by molar-refractivity contribution is 0.00178. The molecule has 0 atom stereocenters. The van der Waals surface area contributed by atoms with E-state index in [0.29, 0.717) is 16.6 Å². The lowest BCUT2D eigenvalue weighted by Gasteiger charge is -2.40. The number of fused-ring (bicyclic) bond motifs is 1. The summed E-state index contributed by atoms with van der Waals surface area (Å²) in [6, 6.07) is 10.2. The molecule has 0 unspecified atom stereocenters. The lowest BCUT2D eigenvalue weighted by Crippen LogP contribution is -2.41. The standard InChI is InChI=1S/C21H18FN5O3/c1-13-4-6-14(7-5-13)21(22)9-15(10-21)27-20(29)30-17(25-27)11-26-12-24-18-16(19(26)28)3-2-8-23-18/h2-8,12,15H,9-11H2,1H3. The fourth-order valence-electron chi connectivity index (χ4n) is 3.83. The van der Waals surface area contributed by atoms with Crippen LogP contribution in [-0.4, -0.2) is 24.3 Å². The number of aromatic nitrogens is 5. The zero-order valence-electron chi connectivity index (χ0n) is 16.2. The van der Waals surface area contributed by atoms with Gasteiger partial charge in [-0.15, -0.1) is 5.10 Å². The number of alkyl halides is 1. The predicted octanol–water partition coefficient (Wildman–Crippen LogP) is 2.50. The summed E-state index contributed by atoms with van der Waals surface area (Å²) in [5.74, 6) is -0.594. The Morgan fingerprint density at radius 1 is 1.17 bits per heavy atom. The first kappa shape index (κ1) is 18.4. The number of pyridine rings is 1. The van der Waals surface area contributed by atoms with Gasteiger partial charge in [-0.25, -0.2) is 19.2 Å². The zero-order chi connectivity index (χ0) is 20.9. The number of rotatable bonds is 4. The largest absolute Gasteiger partial charge is 0.437 e. The third kappa shape index (κ3) is 3.02. The highest BCUT2D eigenvalue weighted by molar-refractivity contribution is 5.72. The maximum atomic E-state index is 15.2. The zero-order valence-corrected chi connectivity index (χ0v) is 16.2. The van der Waals surface area contributed by atoms with Crippen LogP contribution in [0.1, 0.15) is 35.9 Å². The minimum atomic E-state index is -1.48. The van der Waals surface area contributed by atoms with Crippen molar-refractivity contribution < 1.29 is 8.81 Å². The van der Waals surface area contributed by atoms with Gasteiger partial charge in [0.1, 0.15) is 18.5 Å². The van der Waals surface area contributed by atoms with Gasteiger partial charge < -0.3 is 4.42 Å². The molecule has 9 heteroatoms. The number of nitrogens with zero attached hydrogens (tertiary/aromatic N) is 5. The third-order valence-electron chi connectivity index (χ3n) is 5.55. The molecular formula is C21H18FN5O3. The Hall–Kier alpha value is -3.62. The van der Waals surface area contributed by atoms with Crippen LogP contribution in [0.3, 0.4) is 0 Å². The molecular weight excluding hydrogens is 389 g/mol. The molecule has 0 radical (unpaired) electrons. The second-order valence-corrected chi connectivity index (χ2v) is 7.65. The Morgan fingerprint density at radius 2 is 1.93 bits per heavy atom. The van der Waals surface area contributed by atoms with Gasteiger partial charge >= 0.3 is 5.76 Å². The van der Waals surface area contributed by atoms with E-state index in [4.69, 9.17) is 4.42 Å². The molecule has 0 spiro atoms. The van der Waals surface area contributed by atoms with Gasteiger partial charge in [-0.1, -0.05) is 29.8 Å². The summed E-state index contributed by atoms with van der Waals surface area (Å²) in [7, 11) is 0. The van der Waals surface area contributed by atoms with Gasteiger partial charge in [0.2, 0.25) is 5.89 Å². The topological polar surface area (TPSA) is 95.8 Å². The van der Waals surface area contributed by atoms with Crippen LogP contribution in [0, 0.1) is 6.92 Å². The van der Waals surface area contributed by atoms with Crippen LogP contribution < -0.4 is 11.3 Å². The Bertz CT molecular complexity index is 1350. The van der Waals surface area contributed by atoms with Gasteiger partial charge in [0.25, 0.3) is 5.56 Å². The molecule has 0 N–H and O–H groups in total. The van der Waals surface area contributed by atoms with Crippen molar-refractivity contribution in [3.63, 3.8) is 0 Å². The van der Waals surface area contributed by atoms with Gasteiger partial charge in [-0.2, -0.15) is 4.68 Å². The van der Waals surface area contributed by atoms with Crippen molar-refractivity contribution in [2.75, 3.05) is 0 Å². The smallest absolute Gasteiger partial charge is 0.390 e. The second-order valence-electron chi connectivity index (χ2n) is 7.65. The fourth-order valence-corrected chi connectivity index (χ4v) is 3.83. The Kier molecular flexibility index (Phi) is 4.12. The maximum absolute atomic E-state index is 15.2. The van der Waals surface area contributed by atoms with E-state index in [1.165, 1.54) is 15.6 Å². The van der Waals surface area contributed by atoms with E-state index in [9.17, 15) is 9.59 Å². The van der Waals surface area contributed by atoms with E-state index in [0.717, 1.165) is 5.56 Å². The van der Waals surface area contributed by atoms with Gasteiger partial charge in [-0.3, -0.25) is 9.36 Å². The molecule has 0 amide bonds. The Labute approximate surface area is 169 Å². The third-order valence-corrected chi connectivity index (χ3v) is 5.55. The minimum absolute atomic E-state index is 0.0512. The average Bonchev–Trinajstić information content (AvgIpc) is 3.08. The summed E-state index contributed by atoms with van der Waals surface area (Å²) in [4.78, 5) is 33.0. The molecule has 152 valence electrons. The van der Waals surface area contributed by atoms with E-state index in [1.54, 1.807) is 30.5 Å². The van der Waals surface area contributed by atoms with E-state index in [1.807, 2.05) is 19.1 Å². The fraction of sp³-hybridized carbons (Fsp3) is 0.286. The number of hydrogen-bond acceptors (Lipinski definition) is 6. The molecule has 1 aromatic carbocycles. The predicted molar refractivity (Wildman–Crippen MR) is 106 cm³/mol. The number of hydrogen-bond donors (Lipinski definition) is 0. The Morgan fingerprint density at radius 3 is 2.70 bits per heavy atom. The molecule has 4 aromatic rings. The normalized spacial score (nSPS) is 20.9. The van der Waals surface area contributed by atoms with Crippen LogP contribution in [0.25, 0.3) is 11.0 Å².